The van der Waals surface area contributed by atoms with Crippen LogP contribution in [0, 0.1) is 5.92 Å². The molecule has 5 rings (SSSR count). The number of benzene rings is 1. The molecule has 0 unspecified atom stereocenters. The predicted octanol–water partition coefficient (Wildman–Crippen LogP) is 3.84. The molecule has 1 aromatic carbocycles. The first kappa shape index (κ1) is 24.4. The van der Waals surface area contributed by atoms with Crippen LogP contribution in [0.15, 0.2) is 50.8 Å². The van der Waals surface area contributed by atoms with Crippen molar-refractivity contribution in [1.29, 1.82) is 0 Å². The lowest BCUT2D eigenvalue weighted by molar-refractivity contribution is -0.124. The average Bonchev–Trinajstić information content (AvgIpc) is 3.32. The normalized spacial score (nSPS) is 15.5. The monoisotopic (exact) mass is 506 g/mol. The van der Waals surface area contributed by atoms with E-state index in [0.29, 0.717) is 16.7 Å². The smallest absolute Gasteiger partial charge is 0.287 e. The number of hydrogen-bond donors (Lipinski definition) is 3. The van der Waals surface area contributed by atoms with Crippen LogP contribution in [-0.4, -0.2) is 33.9 Å². The van der Waals surface area contributed by atoms with Crippen molar-refractivity contribution in [1.82, 2.24) is 20.6 Å². The Labute approximate surface area is 213 Å². The van der Waals surface area contributed by atoms with Gasteiger partial charge in [0.05, 0.1) is 5.69 Å². The third-order valence-corrected chi connectivity index (χ3v) is 7.47. The summed E-state index contributed by atoms with van der Waals surface area (Å²) in [6.45, 7) is 3.81. The van der Waals surface area contributed by atoms with Gasteiger partial charge in [-0.3, -0.25) is 14.4 Å². The maximum absolute atomic E-state index is 12.8. The zero-order valence-corrected chi connectivity index (χ0v) is 21.2. The van der Waals surface area contributed by atoms with E-state index in [9.17, 15) is 14.4 Å². The molecule has 0 aliphatic heterocycles. The van der Waals surface area contributed by atoms with E-state index in [1.54, 1.807) is 12.1 Å². The lowest BCUT2D eigenvalue weighted by Gasteiger charge is -2.21. The predicted molar refractivity (Wildman–Crippen MR) is 138 cm³/mol. The largest absolute Gasteiger partial charge is 0.451 e. The van der Waals surface area contributed by atoms with Crippen LogP contribution >= 0.6 is 11.8 Å². The first-order valence-electron chi connectivity index (χ1n) is 12.4. The number of H-pyrrole nitrogens is 1. The molecule has 3 aromatic rings. The Kier molecular flexibility index (Phi) is 7.00. The maximum atomic E-state index is 12.8. The zero-order valence-electron chi connectivity index (χ0n) is 20.4. The quantitative estimate of drug-likeness (QED) is 0.300. The Morgan fingerprint density at radius 1 is 1.14 bits per heavy atom. The molecule has 2 aliphatic carbocycles. The van der Waals surface area contributed by atoms with Gasteiger partial charge in [-0.1, -0.05) is 49.9 Å². The number of aromatic amines is 1. The molecule has 188 valence electrons. The van der Waals surface area contributed by atoms with Crippen molar-refractivity contribution in [2.75, 3.05) is 0 Å². The van der Waals surface area contributed by atoms with Crippen LogP contribution in [0.5, 0.6) is 0 Å². The van der Waals surface area contributed by atoms with Crippen molar-refractivity contribution in [2.45, 2.75) is 68.9 Å². The van der Waals surface area contributed by atoms with Gasteiger partial charge in [-0.2, -0.15) is 0 Å². The summed E-state index contributed by atoms with van der Waals surface area (Å²) in [5.74, 6) is 0.814. The molecule has 0 spiro atoms. The van der Waals surface area contributed by atoms with E-state index in [0.717, 1.165) is 54.5 Å². The Bertz CT molecular complexity index is 1320. The summed E-state index contributed by atoms with van der Waals surface area (Å²) >= 11 is 1.51. The Hall–Kier alpha value is -3.33. The molecule has 1 saturated carbocycles. The highest BCUT2D eigenvalue weighted by Crippen LogP contribution is 2.26. The number of fused-ring (bicyclic) bond motifs is 1. The average molecular weight is 507 g/mol. The molecular formula is C27H30N4O4S. The second-order valence-corrected chi connectivity index (χ2v) is 10.7. The number of hydrogen-bond acceptors (Lipinski definition) is 6. The van der Waals surface area contributed by atoms with Crippen molar-refractivity contribution in [2.24, 2.45) is 5.92 Å². The molecule has 0 radical (unpaired) electrons. The van der Waals surface area contributed by atoms with Crippen LogP contribution in [-0.2, 0) is 23.4 Å². The Balaban J connectivity index is 1.20. The minimum absolute atomic E-state index is 0.0173. The molecule has 8 nitrogen and oxygen atoms in total. The van der Waals surface area contributed by atoms with Crippen molar-refractivity contribution < 1.29 is 14.0 Å². The van der Waals surface area contributed by atoms with Gasteiger partial charge in [-0.05, 0) is 55.7 Å². The number of nitrogens with one attached hydrogen (secondary N) is 3. The molecular weight excluding hydrogens is 476 g/mol. The van der Waals surface area contributed by atoms with Crippen LogP contribution in [0.4, 0.5) is 0 Å². The van der Waals surface area contributed by atoms with Crippen LogP contribution in [0.1, 0.15) is 60.5 Å². The SMILES string of the molecule is CC(C)[C@H](NC(=O)c1ccc(-c2ccc(CSc3nc4c(c(=O)[nH]3)CCC4)cc2)o1)C(=O)NC1CC1. The van der Waals surface area contributed by atoms with Crippen LogP contribution in [0.3, 0.4) is 0 Å². The fourth-order valence-corrected chi connectivity index (χ4v) is 5.12. The lowest BCUT2D eigenvalue weighted by Crippen LogP contribution is -2.50. The molecule has 1 fully saturated rings. The van der Waals surface area contributed by atoms with Crippen LogP contribution in [0.25, 0.3) is 11.3 Å². The molecule has 2 aromatic heterocycles. The second-order valence-electron chi connectivity index (χ2n) is 9.78. The molecule has 9 heteroatoms. The number of carbonyl (C=O) groups excluding carboxylic acids is 2. The number of aromatic nitrogens is 2. The van der Waals surface area contributed by atoms with E-state index >= 15 is 0 Å². The summed E-state index contributed by atoms with van der Waals surface area (Å²) in [7, 11) is 0. The van der Waals surface area contributed by atoms with Crippen molar-refractivity contribution in [3.05, 3.63) is 69.3 Å². The third-order valence-electron chi connectivity index (χ3n) is 6.52. The molecule has 1 atom stereocenters. The van der Waals surface area contributed by atoms with Gasteiger partial charge in [-0.15, -0.1) is 0 Å². The van der Waals surface area contributed by atoms with Gasteiger partial charge in [0.25, 0.3) is 11.5 Å². The number of rotatable bonds is 9. The standard InChI is InChI=1S/C27H30N4O4S/c1-15(2)23(26(34)28-18-10-11-18)30-25(33)22-13-12-21(35-22)17-8-6-16(7-9-17)14-36-27-29-20-5-3-4-19(20)24(32)31-27/h6-9,12-13,15,18,23H,3-5,10-11,14H2,1-2H3,(H,28,34)(H,30,33)(H,29,31,32)/t23-/m0/s1. The molecule has 2 aliphatic rings. The van der Waals surface area contributed by atoms with Gasteiger partial charge in [-0.25, -0.2) is 4.98 Å². The van der Waals surface area contributed by atoms with E-state index in [-0.39, 0.29) is 29.2 Å². The number of nitrogens with zero attached hydrogens (tertiary/aromatic N) is 1. The summed E-state index contributed by atoms with van der Waals surface area (Å²) in [5, 5.41) is 6.42. The first-order valence-corrected chi connectivity index (χ1v) is 13.4. The van der Waals surface area contributed by atoms with Gasteiger partial charge in [0.15, 0.2) is 10.9 Å². The molecule has 2 heterocycles. The van der Waals surface area contributed by atoms with E-state index in [1.807, 2.05) is 38.1 Å². The summed E-state index contributed by atoms with van der Waals surface area (Å²) < 4.78 is 5.81. The van der Waals surface area contributed by atoms with Gasteiger partial charge in [0, 0.05) is 22.9 Å². The maximum Gasteiger partial charge on any atom is 0.287 e. The van der Waals surface area contributed by atoms with Crippen molar-refractivity contribution in [3.63, 3.8) is 0 Å². The fourth-order valence-electron chi connectivity index (χ4n) is 4.29. The second kappa shape index (κ2) is 10.3. The van der Waals surface area contributed by atoms with Gasteiger partial charge < -0.3 is 20.0 Å². The molecule has 3 N–H and O–H groups in total. The van der Waals surface area contributed by atoms with Crippen LogP contribution in [0.2, 0.25) is 0 Å². The summed E-state index contributed by atoms with van der Waals surface area (Å²) in [4.78, 5) is 44.9. The molecule has 2 amide bonds. The zero-order chi connectivity index (χ0) is 25.2. The highest BCUT2D eigenvalue weighted by Gasteiger charge is 2.30. The highest BCUT2D eigenvalue weighted by molar-refractivity contribution is 7.98. The number of amides is 2. The lowest BCUT2D eigenvalue weighted by atomic mass is 10.0. The van der Waals surface area contributed by atoms with Crippen LogP contribution < -0.4 is 16.2 Å². The highest BCUT2D eigenvalue weighted by atomic mass is 32.2. The van der Waals surface area contributed by atoms with Gasteiger partial charge in [0.1, 0.15) is 11.8 Å². The topological polar surface area (TPSA) is 117 Å². The van der Waals surface area contributed by atoms with Crippen molar-refractivity contribution in [3.8, 4) is 11.3 Å². The Morgan fingerprint density at radius 2 is 1.92 bits per heavy atom. The fraction of sp³-hybridized carbons (Fsp3) is 0.407. The summed E-state index contributed by atoms with van der Waals surface area (Å²) in [5.41, 5.74) is 3.67. The van der Waals surface area contributed by atoms with Crippen molar-refractivity contribution >= 4 is 23.6 Å². The minimum Gasteiger partial charge on any atom is -0.451 e. The number of furan rings is 1. The minimum atomic E-state index is -0.612. The van der Waals surface area contributed by atoms with E-state index in [4.69, 9.17) is 4.42 Å². The molecule has 36 heavy (non-hydrogen) atoms. The first-order chi connectivity index (χ1) is 17.4. The number of thioether (sulfide) groups is 1. The summed E-state index contributed by atoms with van der Waals surface area (Å²) in [6, 6.07) is 10.9. The van der Waals surface area contributed by atoms with Gasteiger partial charge >= 0.3 is 0 Å². The number of aryl methyl sites for hydroxylation is 1. The Morgan fingerprint density at radius 3 is 2.64 bits per heavy atom. The summed E-state index contributed by atoms with van der Waals surface area (Å²) in [6.07, 6.45) is 4.66. The van der Waals surface area contributed by atoms with E-state index in [2.05, 4.69) is 20.6 Å². The molecule has 0 bridgehead atoms. The van der Waals surface area contributed by atoms with Gasteiger partial charge in [0.2, 0.25) is 5.91 Å². The number of carbonyl (C=O) groups is 2. The molecule has 0 saturated heterocycles. The third kappa shape index (κ3) is 5.56. The van der Waals surface area contributed by atoms with E-state index < -0.39 is 11.9 Å². The van der Waals surface area contributed by atoms with E-state index in [1.165, 1.54) is 11.8 Å².